The van der Waals surface area contributed by atoms with Crippen molar-refractivity contribution in [2.45, 2.75) is 33.2 Å². The highest BCUT2D eigenvalue weighted by Gasteiger charge is 2.23. The van der Waals surface area contributed by atoms with Gasteiger partial charge in [-0.05, 0) is 31.4 Å². The van der Waals surface area contributed by atoms with Crippen LogP contribution in [0.15, 0.2) is 30.5 Å². The third-order valence-corrected chi connectivity index (χ3v) is 4.83. The van der Waals surface area contributed by atoms with E-state index >= 15 is 0 Å². The number of aryl methyl sites for hydroxylation is 1. The van der Waals surface area contributed by atoms with Crippen LogP contribution >= 0.6 is 0 Å². The maximum atomic E-state index is 12.5. The normalized spacial score (nSPS) is 16.4. The number of carbonyl (C=O) groups excluding carboxylic acids is 1. The summed E-state index contributed by atoms with van der Waals surface area (Å²) in [5.41, 5.74) is 2.40. The maximum absolute atomic E-state index is 12.5. The van der Waals surface area contributed by atoms with Gasteiger partial charge in [-0.3, -0.25) is 9.69 Å². The molecular formula is C20H29N5O2. The second-order valence-electron chi connectivity index (χ2n) is 7.53. The van der Waals surface area contributed by atoms with Crippen LogP contribution in [0.1, 0.15) is 36.3 Å². The van der Waals surface area contributed by atoms with Crippen molar-refractivity contribution in [1.29, 1.82) is 0 Å². The highest BCUT2D eigenvalue weighted by molar-refractivity contribution is 5.91. The molecule has 1 N–H and O–H groups in total. The molecule has 1 aliphatic heterocycles. The Kier molecular flexibility index (Phi) is 6.58. The zero-order valence-electron chi connectivity index (χ0n) is 16.4. The zero-order chi connectivity index (χ0) is 19.2. The van der Waals surface area contributed by atoms with Gasteiger partial charge in [-0.15, -0.1) is 5.10 Å². The molecule has 1 aliphatic rings. The number of carbonyl (C=O) groups is 1. The molecular weight excluding hydrogens is 342 g/mol. The maximum Gasteiger partial charge on any atom is 0.273 e. The molecule has 1 aromatic carbocycles. The largest absolute Gasteiger partial charge is 0.379 e. The summed E-state index contributed by atoms with van der Waals surface area (Å²) in [5.74, 6) is 0.382. The molecule has 0 radical (unpaired) electrons. The molecule has 7 heteroatoms. The van der Waals surface area contributed by atoms with E-state index in [4.69, 9.17) is 4.74 Å². The lowest BCUT2D eigenvalue weighted by molar-refractivity contribution is 0.0124. The first-order valence-corrected chi connectivity index (χ1v) is 9.62. The fourth-order valence-corrected chi connectivity index (χ4v) is 3.34. The van der Waals surface area contributed by atoms with Crippen LogP contribution in [-0.2, 0) is 4.74 Å². The Morgan fingerprint density at radius 3 is 2.59 bits per heavy atom. The molecule has 7 nitrogen and oxygen atoms in total. The molecule has 1 amide bonds. The van der Waals surface area contributed by atoms with Gasteiger partial charge in [0.15, 0.2) is 5.69 Å². The lowest BCUT2D eigenvalue weighted by Gasteiger charge is -2.35. The first-order valence-electron chi connectivity index (χ1n) is 9.62. The van der Waals surface area contributed by atoms with Crippen LogP contribution in [0.2, 0.25) is 0 Å². The molecule has 0 bridgehead atoms. The SMILES string of the molecule is Cc1ccc(-n2cc(C(=O)NCC(CC(C)C)N3CCOCC3)nn2)cc1. The molecule has 27 heavy (non-hydrogen) atoms. The van der Waals surface area contributed by atoms with Crippen molar-refractivity contribution in [2.75, 3.05) is 32.8 Å². The fraction of sp³-hybridized carbons (Fsp3) is 0.550. The van der Waals surface area contributed by atoms with Crippen molar-refractivity contribution in [3.05, 3.63) is 41.7 Å². The number of ether oxygens (including phenoxy) is 1. The average Bonchev–Trinajstić information content (AvgIpc) is 3.16. The monoisotopic (exact) mass is 371 g/mol. The third-order valence-electron chi connectivity index (χ3n) is 4.83. The summed E-state index contributed by atoms with van der Waals surface area (Å²) < 4.78 is 7.08. The molecule has 3 rings (SSSR count). The number of nitrogens with zero attached hydrogens (tertiary/aromatic N) is 4. The molecule has 1 unspecified atom stereocenters. The molecule has 1 saturated heterocycles. The van der Waals surface area contributed by atoms with E-state index in [2.05, 4.69) is 34.4 Å². The summed E-state index contributed by atoms with van der Waals surface area (Å²) in [6, 6.07) is 8.25. The van der Waals surface area contributed by atoms with Gasteiger partial charge < -0.3 is 10.1 Å². The second-order valence-corrected chi connectivity index (χ2v) is 7.53. The molecule has 0 aliphatic carbocycles. The Labute approximate surface area is 160 Å². The quantitative estimate of drug-likeness (QED) is 0.806. The van der Waals surface area contributed by atoms with E-state index in [-0.39, 0.29) is 5.91 Å². The van der Waals surface area contributed by atoms with Crippen LogP contribution < -0.4 is 5.32 Å². The number of rotatable bonds is 7. The Morgan fingerprint density at radius 1 is 1.22 bits per heavy atom. The van der Waals surface area contributed by atoms with E-state index in [1.54, 1.807) is 10.9 Å². The molecule has 1 fully saturated rings. The molecule has 1 atom stereocenters. The first kappa shape index (κ1) is 19.5. The lowest BCUT2D eigenvalue weighted by atomic mass is 10.0. The van der Waals surface area contributed by atoms with Gasteiger partial charge in [0.2, 0.25) is 0 Å². The van der Waals surface area contributed by atoms with Crippen LogP contribution in [0.3, 0.4) is 0 Å². The van der Waals surface area contributed by atoms with E-state index < -0.39 is 0 Å². The Balaban J connectivity index is 1.61. The fourth-order valence-electron chi connectivity index (χ4n) is 3.34. The van der Waals surface area contributed by atoms with E-state index in [1.165, 1.54) is 5.56 Å². The Bertz CT molecular complexity index is 735. The number of morpholine rings is 1. The number of hydrogen-bond donors (Lipinski definition) is 1. The summed E-state index contributed by atoms with van der Waals surface area (Å²) in [7, 11) is 0. The Morgan fingerprint density at radius 2 is 1.93 bits per heavy atom. The summed E-state index contributed by atoms with van der Waals surface area (Å²) >= 11 is 0. The minimum absolute atomic E-state index is 0.185. The molecule has 0 saturated carbocycles. The molecule has 146 valence electrons. The van der Waals surface area contributed by atoms with Crippen LogP contribution in [-0.4, -0.2) is 64.7 Å². The lowest BCUT2D eigenvalue weighted by Crippen LogP contribution is -2.49. The summed E-state index contributed by atoms with van der Waals surface area (Å²) in [5, 5.41) is 11.2. The van der Waals surface area contributed by atoms with Crippen LogP contribution in [0, 0.1) is 12.8 Å². The van der Waals surface area contributed by atoms with Gasteiger partial charge in [0, 0.05) is 25.7 Å². The van der Waals surface area contributed by atoms with Crippen LogP contribution in [0.5, 0.6) is 0 Å². The van der Waals surface area contributed by atoms with Gasteiger partial charge in [-0.1, -0.05) is 36.8 Å². The molecule has 2 aromatic rings. The summed E-state index contributed by atoms with van der Waals surface area (Å²) in [6.07, 6.45) is 2.71. The zero-order valence-corrected chi connectivity index (χ0v) is 16.4. The third kappa shape index (κ3) is 5.37. The van der Waals surface area contributed by atoms with Crippen molar-refractivity contribution >= 4 is 5.91 Å². The van der Waals surface area contributed by atoms with Crippen molar-refractivity contribution in [2.24, 2.45) is 5.92 Å². The van der Waals surface area contributed by atoms with E-state index in [1.807, 2.05) is 31.2 Å². The molecule has 2 heterocycles. The Hall–Kier alpha value is -2.25. The summed E-state index contributed by atoms with van der Waals surface area (Å²) in [4.78, 5) is 15.0. The van der Waals surface area contributed by atoms with Crippen LogP contribution in [0.25, 0.3) is 5.69 Å². The highest BCUT2D eigenvalue weighted by atomic mass is 16.5. The minimum Gasteiger partial charge on any atom is -0.379 e. The topological polar surface area (TPSA) is 72.3 Å². The van der Waals surface area contributed by atoms with Crippen molar-refractivity contribution < 1.29 is 9.53 Å². The van der Waals surface area contributed by atoms with Crippen molar-refractivity contribution in [3.63, 3.8) is 0 Å². The average molecular weight is 371 g/mol. The molecule has 1 aromatic heterocycles. The number of amides is 1. The van der Waals surface area contributed by atoms with Gasteiger partial charge in [0.05, 0.1) is 25.1 Å². The predicted molar refractivity (Wildman–Crippen MR) is 104 cm³/mol. The number of nitrogens with one attached hydrogen (secondary N) is 1. The molecule has 0 spiro atoms. The van der Waals surface area contributed by atoms with Crippen LogP contribution in [0.4, 0.5) is 0 Å². The van der Waals surface area contributed by atoms with Crippen molar-refractivity contribution in [1.82, 2.24) is 25.2 Å². The second kappa shape index (κ2) is 9.10. The summed E-state index contributed by atoms with van der Waals surface area (Å²) in [6.45, 7) is 10.4. The van der Waals surface area contributed by atoms with Gasteiger partial charge in [0.1, 0.15) is 0 Å². The van der Waals surface area contributed by atoms with Gasteiger partial charge in [-0.2, -0.15) is 0 Å². The van der Waals surface area contributed by atoms with E-state index in [0.29, 0.717) is 24.2 Å². The van der Waals surface area contributed by atoms with Gasteiger partial charge in [-0.25, -0.2) is 4.68 Å². The minimum atomic E-state index is -0.185. The van der Waals surface area contributed by atoms with Crippen molar-refractivity contribution in [3.8, 4) is 5.69 Å². The first-order chi connectivity index (χ1) is 13.0. The number of hydrogen-bond acceptors (Lipinski definition) is 5. The number of aromatic nitrogens is 3. The van der Waals surface area contributed by atoms with Gasteiger partial charge >= 0.3 is 0 Å². The predicted octanol–water partition coefficient (Wildman–Crippen LogP) is 2.05. The van der Waals surface area contributed by atoms with Gasteiger partial charge in [0.25, 0.3) is 5.91 Å². The van der Waals surface area contributed by atoms with E-state index in [9.17, 15) is 4.79 Å². The smallest absolute Gasteiger partial charge is 0.273 e. The number of benzene rings is 1. The van der Waals surface area contributed by atoms with E-state index in [0.717, 1.165) is 38.4 Å². The highest BCUT2D eigenvalue weighted by Crippen LogP contribution is 2.13. The standard InChI is InChI=1S/C20H29N5O2/c1-15(2)12-18(24-8-10-27-11-9-24)13-21-20(26)19-14-25(23-22-19)17-6-4-16(3)5-7-17/h4-7,14-15,18H,8-13H2,1-3H3,(H,21,26).